The molecule has 0 saturated heterocycles. The Kier molecular flexibility index (Phi) is 4.16. The molecule has 0 fully saturated rings. The van der Waals surface area contributed by atoms with Gasteiger partial charge in [0, 0.05) is 37.0 Å². The summed E-state index contributed by atoms with van der Waals surface area (Å²) in [7, 11) is 1.72. The Bertz CT molecular complexity index is 682. The summed E-state index contributed by atoms with van der Waals surface area (Å²) in [6.45, 7) is 5.68. The quantitative estimate of drug-likeness (QED) is 0.857. The van der Waals surface area contributed by atoms with E-state index < -0.39 is 0 Å². The molecule has 1 aliphatic carbocycles. The smallest absolute Gasteiger partial charge is 0.164 e. The standard InChI is InChI=1S/C19H23NO2/c1-13-4-6-15(7-5-13)17-12-16-18(20(17)8-9-22-3)10-14(2)11-19(16)21/h4-7,12,14H,8-11H2,1-3H3/t14-/m0/s1. The molecule has 1 aromatic heterocycles. The number of carbonyl (C=O) groups excluding carboxylic acids is 1. The van der Waals surface area contributed by atoms with E-state index in [4.69, 9.17) is 4.74 Å². The Morgan fingerprint density at radius 1 is 1.23 bits per heavy atom. The van der Waals surface area contributed by atoms with Gasteiger partial charge in [0.25, 0.3) is 0 Å². The van der Waals surface area contributed by atoms with Crippen LogP contribution in [0.3, 0.4) is 0 Å². The molecule has 3 nitrogen and oxygen atoms in total. The van der Waals surface area contributed by atoms with Gasteiger partial charge < -0.3 is 9.30 Å². The fraction of sp³-hybridized carbons (Fsp3) is 0.421. The molecule has 0 amide bonds. The number of aromatic nitrogens is 1. The van der Waals surface area contributed by atoms with Crippen LogP contribution in [0.1, 0.15) is 35.0 Å². The summed E-state index contributed by atoms with van der Waals surface area (Å²) in [6, 6.07) is 10.6. The van der Waals surface area contributed by atoms with E-state index in [0.717, 1.165) is 29.8 Å². The molecule has 0 aliphatic heterocycles. The number of carbonyl (C=O) groups is 1. The zero-order valence-electron chi connectivity index (χ0n) is 13.6. The van der Waals surface area contributed by atoms with E-state index in [1.54, 1.807) is 7.11 Å². The molecule has 0 saturated carbocycles. The third-order valence-electron chi connectivity index (χ3n) is 4.45. The first-order chi connectivity index (χ1) is 10.6. The Morgan fingerprint density at radius 2 is 1.95 bits per heavy atom. The van der Waals surface area contributed by atoms with Crippen LogP contribution in [0.2, 0.25) is 0 Å². The van der Waals surface area contributed by atoms with Crippen LogP contribution in [-0.4, -0.2) is 24.1 Å². The first kappa shape index (κ1) is 15.0. The normalized spacial score (nSPS) is 17.6. The average molecular weight is 297 g/mol. The summed E-state index contributed by atoms with van der Waals surface area (Å²) in [5.41, 5.74) is 5.62. The predicted molar refractivity (Wildman–Crippen MR) is 88.3 cm³/mol. The second-order valence-corrected chi connectivity index (χ2v) is 6.34. The number of fused-ring (bicyclic) bond motifs is 1. The summed E-state index contributed by atoms with van der Waals surface area (Å²) >= 11 is 0. The Hall–Kier alpha value is -1.87. The SMILES string of the molecule is COCCn1c(-c2ccc(C)cc2)cc2c1C[C@H](C)CC2=O. The van der Waals surface area contributed by atoms with Crippen LogP contribution >= 0.6 is 0 Å². The predicted octanol–water partition coefficient (Wildman–Crippen LogP) is 3.87. The highest BCUT2D eigenvalue weighted by molar-refractivity contribution is 5.99. The van der Waals surface area contributed by atoms with E-state index >= 15 is 0 Å². The second kappa shape index (κ2) is 6.09. The van der Waals surface area contributed by atoms with Crippen molar-refractivity contribution >= 4 is 5.78 Å². The van der Waals surface area contributed by atoms with Crippen molar-refractivity contribution in [3.63, 3.8) is 0 Å². The lowest BCUT2D eigenvalue weighted by Crippen LogP contribution is -2.20. The van der Waals surface area contributed by atoms with Gasteiger partial charge in [-0.25, -0.2) is 0 Å². The lowest BCUT2D eigenvalue weighted by molar-refractivity contribution is 0.0951. The highest BCUT2D eigenvalue weighted by Gasteiger charge is 2.27. The average Bonchev–Trinajstić information content (AvgIpc) is 2.85. The number of benzene rings is 1. The third kappa shape index (κ3) is 2.73. The fourth-order valence-corrected chi connectivity index (χ4v) is 3.28. The summed E-state index contributed by atoms with van der Waals surface area (Å²) in [5.74, 6) is 0.695. The lowest BCUT2D eigenvalue weighted by atomic mass is 9.88. The second-order valence-electron chi connectivity index (χ2n) is 6.34. The lowest BCUT2D eigenvalue weighted by Gasteiger charge is -2.21. The molecule has 3 rings (SSSR count). The maximum absolute atomic E-state index is 12.4. The van der Waals surface area contributed by atoms with Crippen molar-refractivity contribution in [2.45, 2.75) is 33.2 Å². The van der Waals surface area contributed by atoms with Gasteiger partial charge in [-0.05, 0) is 30.9 Å². The first-order valence-electron chi connectivity index (χ1n) is 7.91. The molecule has 22 heavy (non-hydrogen) atoms. The number of nitrogens with zero attached hydrogens (tertiary/aromatic N) is 1. The Morgan fingerprint density at radius 3 is 2.64 bits per heavy atom. The van der Waals surface area contributed by atoms with Crippen LogP contribution in [0.4, 0.5) is 0 Å². The zero-order valence-corrected chi connectivity index (χ0v) is 13.6. The van der Waals surface area contributed by atoms with E-state index in [-0.39, 0.29) is 5.78 Å². The van der Waals surface area contributed by atoms with Crippen LogP contribution in [0.25, 0.3) is 11.3 Å². The summed E-state index contributed by atoms with van der Waals surface area (Å²) < 4.78 is 7.54. The van der Waals surface area contributed by atoms with Crippen molar-refractivity contribution in [1.29, 1.82) is 0 Å². The van der Waals surface area contributed by atoms with Crippen molar-refractivity contribution < 1.29 is 9.53 Å². The van der Waals surface area contributed by atoms with E-state index in [0.29, 0.717) is 18.9 Å². The molecule has 0 spiro atoms. The van der Waals surface area contributed by atoms with Gasteiger partial charge in [0.2, 0.25) is 0 Å². The van der Waals surface area contributed by atoms with E-state index in [1.807, 2.05) is 0 Å². The first-order valence-corrected chi connectivity index (χ1v) is 7.91. The number of hydrogen-bond acceptors (Lipinski definition) is 2. The minimum absolute atomic E-state index is 0.276. The summed E-state index contributed by atoms with van der Waals surface area (Å²) in [4.78, 5) is 12.4. The number of rotatable bonds is 4. The van der Waals surface area contributed by atoms with Crippen LogP contribution in [0.5, 0.6) is 0 Å². The van der Waals surface area contributed by atoms with Crippen LogP contribution in [0.15, 0.2) is 30.3 Å². The van der Waals surface area contributed by atoms with Gasteiger partial charge in [-0.3, -0.25) is 4.79 Å². The fourth-order valence-electron chi connectivity index (χ4n) is 3.28. The number of hydrogen-bond donors (Lipinski definition) is 0. The Labute approximate surface area is 131 Å². The van der Waals surface area contributed by atoms with Crippen molar-refractivity contribution in [3.05, 3.63) is 47.2 Å². The van der Waals surface area contributed by atoms with Gasteiger partial charge in [0.15, 0.2) is 5.78 Å². The van der Waals surface area contributed by atoms with Crippen molar-refractivity contribution in [2.24, 2.45) is 5.92 Å². The Balaban J connectivity index is 2.10. The number of ketones is 1. The van der Waals surface area contributed by atoms with Gasteiger partial charge in [0.05, 0.1) is 6.61 Å². The van der Waals surface area contributed by atoms with Crippen LogP contribution in [-0.2, 0) is 17.7 Å². The number of ether oxygens (including phenoxy) is 1. The molecule has 116 valence electrons. The molecular formula is C19H23NO2. The van der Waals surface area contributed by atoms with E-state index in [1.165, 1.54) is 11.3 Å². The minimum Gasteiger partial charge on any atom is -0.383 e. The number of Topliss-reactive ketones (excluding diaryl/α,β-unsaturated/α-hetero) is 1. The van der Waals surface area contributed by atoms with Crippen molar-refractivity contribution in [2.75, 3.05) is 13.7 Å². The molecule has 3 heteroatoms. The monoisotopic (exact) mass is 297 g/mol. The summed E-state index contributed by atoms with van der Waals surface area (Å²) in [6.07, 6.45) is 1.63. The molecule has 1 aliphatic rings. The molecule has 0 N–H and O–H groups in total. The van der Waals surface area contributed by atoms with Gasteiger partial charge in [0.1, 0.15) is 0 Å². The number of methoxy groups -OCH3 is 1. The number of aryl methyl sites for hydroxylation is 1. The van der Waals surface area contributed by atoms with Crippen molar-refractivity contribution in [3.8, 4) is 11.3 Å². The topological polar surface area (TPSA) is 31.2 Å². The van der Waals surface area contributed by atoms with E-state index in [9.17, 15) is 4.79 Å². The van der Waals surface area contributed by atoms with Gasteiger partial charge in [-0.2, -0.15) is 0 Å². The highest BCUT2D eigenvalue weighted by Crippen LogP contribution is 2.33. The zero-order chi connectivity index (χ0) is 15.7. The minimum atomic E-state index is 0.276. The molecule has 1 aromatic carbocycles. The maximum Gasteiger partial charge on any atom is 0.164 e. The molecule has 0 radical (unpaired) electrons. The van der Waals surface area contributed by atoms with Crippen molar-refractivity contribution in [1.82, 2.24) is 4.57 Å². The maximum atomic E-state index is 12.4. The molecule has 0 bridgehead atoms. The van der Waals surface area contributed by atoms with Gasteiger partial charge in [-0.1, -0.05) is 36.8 Å². The molecular weight excluding hydrogens is 274 g/mol. The van der Waals surface area contributed by atoms with Gasteiger partial charge in [-0.15, -0.1) is 0 Å². The molecule has 1 atom stereocenters. The molecule has 1 heterocycles. The van der Waals surface area contributed by atoms with Gasteiger partial charge >= 0.3 is 0 Å². The highest BCUT2D eigenvalue weighted by atomic mass is 16.5. The largest absolute Gasteiger partial charge is 0.383 e. The third-order valence-corrected chi connectivity index (χ3v) is 4.45. The summed E-state index contributed by atoms with van der Waals surface area (Å²) in [5, 5.41) is 0. The molecule has 2 aromatic rings. The molecule has 0 unspecified atom stereocenters. The van der Waals surface area contributed by atoms with Crippen LogP contribution in [0, 0.1) is 12.8 Å². The van der Waals surface area contributed by atoms with E-state index in [2.05, 4.69) is 48.7 Å². The van der Waals surface area contributed by atoms with Crippen LogP contribution < -0.4 is 0 Å².